The SMILES string of the molecule is CC(C)(C)OC(=O)NCCOC[C@H](NC(=O)OCC1c2ccccc2-c2ccccc21)C(=O)OCc1ccccc1. The molecule has 216 valence electrons. The second kappa shape index (κ2) is 13.8. The molecule has 2 N–H and O–H groups in total. The van der Waals surface area contributed by atoms with Crippen molar-refractivity contribution in [3.8, 4) is 11.1 Å². The predicted octanol–water partition coefficient (Wildman–Crippen LogP) is 5.18. The quantitative estimate of drug-likeness (QED) is 0.189. The van der Waals surface area contributed by atoms with Crippen LogP contribution >= 0.6 is 0 Å². The van der Waals surface area contributed by atoms with Gasteiger partial charge < -0.3 is 29.6 Å². The molecule has 0 unspecified atom stereocenters. The molecular formula is C32H36N2O7. The molecule has 9 nitrogen and oxygen atoms in total. The molecule has 0 aliphatic heterocycles. The Morgan fingerprint density at radius 2 is 1.41 bits per heavy atom. The molecule has 0 fully saturated rings. The molecule has 1 atom stereocenters. The molecule has 0 saturated carbocycles. The number of ether oxygens (including phenoxy) is 4. The van der Waals surface area contributed by atoms with Crippen molar-refractivity contribution in [1.82, 2.24) is 10.6 Å². The highest BCUT2D eigenvalue weighted by Gasteiger charge is 2.30. The van der Waals surface area contributed by atoms with Gasteiger partial charge in [-0.05, 0) is 48.6 Å². The molecule has 0 heterocycles. The first-order valence-electron chi connectivity index (χ1n) is 13.6. The fraction of sp³-hybridized carbons (Fsp3) is 0.344. The Hall–Kier alpha value is -4.37. The number of carbonyl (C=O) groups excluding carboxylic acids is 3. The Balaban J connectivity index is 1.32. The van der Waals surface area contributed by atoms with Gasteiger partial charge in [-0.1, -0.05) is 78.9 Å². The molecule has 3 aromatic carbocycles. The molecule has 1 aliphatic rings. The largest absolute Gasteiger partial charge is 0.459 e. The first-order chi connectivity index (χ1) is 19.7. The van der Waals surface area contributed by atoms with E-state index in [1.165, 1.54) is 0 Å². The van der Waals surface area contributed by atoms with Gasteiger partial charge >= 0.3 is 18.2 Å². The van der Waals surface area contributed by atoms with Gasteiger partial charge in [-0.15, -0.1) is 0 Å². The lowest BCUT2D eigenvalue weighted by Gasteiger charge is -2.20. The topological polar surface area (TPSA) is 112 Å². The molecule has 2 amide bonds. The lowest BCUT2D eigenvalue weighted by molar-refractivity contribution is -0.149. The number of amides is 2. The fourth-order valence-corrected chi connectivity index (χ4v) is 4.52. The van der Waals surface area contributed by atoms with Gasteiger partial charge in [0.2, 0.25) is 0 Å². The van der Waals surface area contributed by atoms with Crippen LogP contribution in [0.15, 0.2) is 78.9 Å². The van der Waals surface area contributed by atoms with Gasteiger partial charge in [-0.2, -0.15) is 0 Å². The Morgan fingerprint density at radius 1 is 0.805 bits per heavy atom. The second-order valence-corrected chi connectivity index (χ2v) is 10.6. The highest BCUT2D eigenvalue weighted by molar-refractivity contribution is 5.82. The first-order valence-corrected chi connectivity index (χ1v) is 13.6. The van der Waals surface area contributed by atoms with Gasteiger partial charge in [-0.25, -0.2) is 14.4 Å². The van der Waals surface area contributed by atoms with E-state index in [2.05, 4.69) is 22.8 Å². The summed E-state index contributed by atoms with van der Waals surface area (Å²) in [4.78, 5) is 37.6. The summed E-state index contributed by atoms with van der Waals surface area (Å²) in [7, 11) is 0. The minimum absolute atomic E-state index is 0.0444. The minimum Gasteiger partial charge on any atom is -0.459 e. The number of hydrogen-bond donors (Lipinski definition) is 2. The van der Waals surface area contributed by atoms with Crippen LogP contribution in [0.3, 0.4) is 0 Å². The number of hydrogen-bond acceptors (Lipinski definition) is 7. The zero-order valence-electron chi connectivity index (χ0n) is 23.6. The minimum atomic E-state index is -1.11. The lowest BCUT2D eigenvalue weighted by Crippen LogP contribution is -2.46. The molecule has 0 spiro atoms. The maximum atomic E-state index is 12.9. The maximum absolute atomic E-state index is 12.9. The molecular weight excluding hydrogens is 524 g/mol. The van der Waals surface area contributed by atoms with E-state index in [9.17, 15) is 14.4 Å². The standard InChI is InChI=1S/C32H36N2O7/c1-32(2,3)41-30(36)33-17-18-38-21-28(29(35)39-19-22-11-5-4-6-12-22)34-31(37)40-20-27-25-15-9-7-13-23(25)24-14-8-10-16-26(24)27/h4-16,27-28H,17-21H2,1-3H3,(H,33,36)(H,34,37)/t28-/m0/s1. The van der Waals surface area contributed by atoms with Gasteiger partial charge in [0.25, 0.3) is 0 Å². The normalized spacial score (nSPS) is 13.0. The summed E-state index contributed by atoms with van der Waals surface area (Å²) in [5.74, 6) is -0.783. The van der Waals surface area contributed by atoms with E-state index < -0.39 is 29.8 Å². The van der Waals surface area contributed by atoms with Crippen LogP contribution in [0.25, 0.3) is 11.1 Å². The number of alkyl carbamates (subject to hydrolysis) is 2. The number of esters is 1. The summed E-state index contributed by atoms with van der Waals surface area (Å²) in [6.45, 7) is 5.53. The average molecular weight is 561 g/mol. The number of fused-ring (bicyclic) bond motifs is 3. The van der Waals surface area contributed by atoms with Crippen molar-refractivity contribution in [1.29, 1.82) is 0 Å². The van der Waals surface area contributed by atoms with Crippen LogP contribution in [0, 0.1) is 0 Å². The van der Waals surface area contributed by atoms with E-state index in [1.807, 2.05) is 66.7 Å². The third-order valence-electron chi connectivity index (χ3n) is 6.34. The predicted molar refractivity (Wildman–Crippen MR) is 153 cm³/mol. The molecule has 0 radical (unpaired) electrons. The molecule has 3 aromatic rings. The first kappa shape index (κ1) is 29.6. The van der Waals surface area contributed by atoms with Crippen molar-refractivity contribution in [2.24, 2.45) is 0 Å². The van der Waals surface area contributed by atoms with Gasteiger partial charge in [-0.3, -0.25) is 0 Å². The molecule has 0 bridgehead atoms. The van der Waals surface area contributed by atoms with Gasteiger partial charge in [0.05, 0.1) is 13.2 Å². The summed E-state index contributed by atoms with van der Waals surface area (Å²) >= 11 is 0. The van der Waals surface area contributed by atoms with Crippen molar-refractivity contribution < 1.29 is 33.3 Å². The lowest BCUT2D eigenvalue weighted by atomic mass is 9.98. The molecule has 0 aromatic heterocycles. The van der Waals surface area contributed by atoms with Gasteiger partial charge in [0, 0.05) is 12.5 Å². The van der Waals surface area contributed by atoms with E-state index in [0.717, 1.165) is 27.8 Å². The van der Waals surface area contributed by atoms with Crippen molar-refractivity contribution in [3.05, 3.63) is 95.6 Å². The van der Waals surface area contributed by atoms with E-state index >= 15 is 0 Å². The third kappa shape index (κ3) is 8.56. The second-order valence-electron chi connectivity index (χ2n) is 10.6. The summed E-state index contributed by atoms with van der Waals surface area (Å²) < 4.78 is 21.8. The molecule has 4 rings (SSSR count). The van der Waals surface area contributed by atoms with Crippen LogP contribution in [0.2, 0.25) is 0 Å². The number of benzene rings is 3. The highest BCUT2D eigenvalue weighted by Crippen LogP contribution is 2.44. The third-order valence-corrected chi connectivity index (χ3v) is 6.34. The van der Waals surface area contributed by atoms with Gasteiger partial charge in [0.1, 0.15) is 18.8 Å². The smallest absolute Gasteiger partial charge is 0.407 e. The Kier molecular flexibility index (Phi) is 9.97. The van der Waals surface area contributed by atoms with Crippen molar-refractivity contribution in [2.45, 2.75) is 44.9 Å². The number of carbonyl (C=O) groups is 3. The molecule has 9 heteroatoms. The monoisotopic (exact) mass is 560 g/mol. The zero-order chi connectivity index (χ0) is 29.2. The van der Waals surface area contributed by atoms with Crippen LogP contribution in [-0.2, 0) is 30.3 Å². The van der Waals surface area contributed by atoms with Crippen LogP contribution < -0.4 is 10.6 Å². The van der Waals surface area contributed by atoms with E-state index in [4.69, 9.17) is 18.9 Å². The van der Waals surface area contributed by atoms with Crippen molar-refractivity contribution in [3.63, 3.8) is 0 Å². The summed E-state index contributed by atoms with van der Waals surface area (Å²) in [5.41, 5.74) is 4.59. The Labute approximate surface area is 240 Å². The van der Waals surface area contributed by atoms with Crippen LogP contribution in [0.1, 0.15) is 43.4 Å². The Bertz CT molecular complexity index is 1290. The molecule has 0 saturated heterocycles. The highest BCUT2D eigenvalue weighted by atomic mass is 16.6. The average Bonchev–Trinajstić information content (AvgIpc) is 3.27. The number of rotatable bonds is 11. The summed E-state index contributed by atoms with van der Waals surface area (Å²) in [6.07, 6.45) is -1.33. The fourth-order valence-electron chi connectivity index (χ4n) is 4.52. The van der Waals surface area contributed by atoms with Crippen LogP contribution in [-0.4, -0.2) is 56.2 Å². The maximum Gasteiger partial charge on any atom is 0.407 e. The van der Waals surface area contributed by atoms with E-state index in [1.54, 1.807) is 20.8 Å². The van der Waals surface area contributed by atoms with Gasteiger partial charge in [0.15, 0.2) is 6.04 Å². The van der Waals surface area contributed by atoms with E-state index in [-0.39, 0.29) is 38.9 Å². The molecule has 41 heavy (non-hydrogen) atoms. The van der Waals surface area contributed by atoms with Crippen molar-refractivity contribution in [2.75, 3.05) is 26.4 Å². The number of nitrogens with one attached hydrogen (secondary N) is 2. The van der Waals surface area contributed by atoms with Crippen LogP contribution in [0.4, 0.5) is 9.59 Å². The molecule has 1 aliphatic carbocycles. The van der Waals surface area contributed by atoms with Crippen LogP contribution in [0.5, 0.6) is 0 Å². The zero-order valence-corrected chi connectivity index (χ0v) is 23.6. The Morgan fingerprint density at radius 3 is 2.05 bits per heavy atom. The van der Waals surface area contributed by atoms with E-state index in [0.29, 0.717) is 0 Å². The van der Waals surface area contributed by atoms with Crippen molar-refractivity contribution >= 4 is 18.2 Å². The summed E-state index contributed by atoms with van der Waals surface area (Å²) in [5, 5.41) is 5.17. The summed E-state index contributed by atoms with van der Waals surface area (Å²) in [6, 6.07) is 24.2.